The van der Waals surface area contributed by atoms with Crippen LogP contribution >= 0.6 is 0 Å². The van der Waals surface area contributed by atoms with Crippen LogP contribution < -0.4 is 5.32 Å². The third-order valence-electron chi connectivity index (χ3n) is 3.11. The van der Waals surface area contributed by atoms with E-state index in [0.717, 1.165) is 25.9 Å². The first-order valence-corrected chi connectivity index (χ1v) is 6.87. The van der Waals surface area contributed by atoms with Crippen molar-refractivity contribution in [1.29, 1.82) is 0 Å². The van der Waals surface area contributed by atoms with E-state index in [0.29, 0.717) is 19.6 Å². The third-order valence-corrected chi connectivity index (χ3v) is 3.11. The number of nitrogens with zero attached hydrogens (tertiary/aromatic N) is 2. The van der Waals surface area contributed by atoms with Crippen LogP contribution in [0, 0.1) is 5.92 Å². The minimum absolute atomic E-state index is 0.00399. The number of amides is 3. The molecule has 1 heterocycles. The topological polar surface area (TPSA) is 52.7 Å². The summed E-state index contributed by atoms with van der Waals surface area (Å²) in [5, 5.41) is 2.88. The van der Waals surface area contributed by atoms with Crippen molar-refractivity contribution >= 4 is 11.9 Å². The van der Waals surface area contributed by atoms with Crippen LogP contribution in [0.4, 0.5) is 4.79 Å². The summed E-state index contributed by atoms with van der Waals surface area (Å²) in [6.07, 6.45) is 1.80. The molecule has 1 fully saturated rings. The zero-order valence-electron chi connectivity index (χ0n) is 11.7. The molecule has 0 radical (unpaired) electrons. The van der Waals surface area contributed by atoms with Gasteiger partial charge in [0.15, 0.2) is 0 Å². The molecule has 0 atom stereocenters. The number of nitrogens with one attached hydrogen (secondary N) is 1. The van der Waals surface area contributed by atoms with Crippen molar-refractivity contribution in [2.24, 2.45) is 5.92 Å². The molecule has 5 heteroatoms. The van der Waals surface area contributed by atoms with Crippen molar-refractivity contribution in [3.8, 4) is 0 Å². The Morgan fingerprint density at radius 3 is 2.33 bits per heavy atom. The van der Waals surface area contributed by atoms with Crippen LogP contribution in [-0.4, -0.2) is 54.5 Å². The highest BCUT2D eigenvalue weighted by Crippen LogP contribution is 2.07. The van der Waals surface area contributed by atoms with Crippen LogP contribution in [0.5, 0.6) is 0 Å². The molecule has 0 spiro atoms. The van der Waals surface area contributed by atoms with Crippen LogP contribution in [0.25, 0.3) is 0 Å². The van der Waals surface area contributed by atoms with E-state index in [4.69, 9.17) is 0 Å². The first-order chi connectivity index (χ1) is 8.56. The van der Waals surface area contributed by atoms with E-state index >= 15 is 0 Å². The number of rotatable bonds is 3. The largest absolute Gasteiger partial charge is 0.341 e. The second-order valence-electron chi connectivity index (χ2n) is 5.05. The summed E-state index contributed by atoms with van der Waals surface area (Å²) in [5.74, 6) is 0.219. The fourth-order valence-corrected chi connectivity index (χ4v) is 2.05. The van der Waals surface area contributed by atoms with E-state index < -0.39 is 0 Å². The number of urea groups is 1. The van der Waals surface area contributed by atoms with Gasteiger partial charge < -0.3 is 15.1 Å². The van der Waals surface area contributed by atoms with Crippen molar-refractivity contribution in [1.82, 2.24) is 15.1 Å². The molecule has 1 aliphatic rings. The summed E-state index contributed by atoms with van der Waals surface area (Å²) in [6.45, 7) is 9.35. The van der Waals surface area contributed by atoms with E-state index in [9.17, 15) is 9.59 Å². The van der Waals surface area contributed by atoms with Crippen molar-refractivity contribution in [3.05, 3.63) is 0 Å². The maximum Gasteiger partial charge on any atom is 0.317 e. The van der Waals surface area contributed by atoms with Gasteiger partial charge in [0, 0.05) is 38.6 Å². The summed E-state index contributed by atoms with van der Waals surface area (Å²) in [4.78, 5) is 27.4. The second kappa shape index (κ2) is 7.24. The van der Waals surface area contributed by atoms with Gasteiger partial charge in [0.25, 0.3) is 0 Å². The standard InChI is InChI=1S/C13H25N3O2/c1-4-6-14-13(18)16-8-5-7-15(9-10-16)12(17)11(2)3/h11H,4-10H2,1-3H3,(H,14,18). The van der Waals surface area contributed by atoms with Gasteiger partial charge >= 0.3 is 6.03 Å². The molecule has 0 unspecified atom stereocenters. The maximum atomic E-state index is 11.9. The molecular formula is C13H25N3O2. The third kappa shape index (κ3) is 4.20. The Balaban J connectivity index is 2.45. The number of carbonyl (C=O) groups is 2. The molecule has 0 saturated carbocycles. The van der Waals surface area contributed by atoms with Crippen LogP contribution in [0.15, 0.2) is 0 Å². The van der Waals surface area contributed by atoms with Crippen LogP contribution in [0.1, 0.15) is 33.6 Å². The normalized spacial score (nSPS) is 16.7. The molecule has 1 saturated heterocycles. The van der Waals surface area contributed by atoms with Gasteiger partial charge in [-0.1, -0.05) is 20.8 Å². The minimum Gasteiger partial charge on any atom is -0.341 e. The first kappa shape index (κ1) is 14.8. The van der Waals surface area contributed by atoms with Crippen LogP contribution in [0.2, 0.25) is 0 Å². The smallest absolute Gasteiger partial charge is 0.317 e. The first-order valence-electron chi connectivity index (χ1n) is 6.87. The lowest BCUT2D eigenvalue weighted by Crippen LogP contribution is -2.43. The summed E-state index contributed by atoms with van der Waals surface area (Å²) < 4.78 is 0. The van der Waals surface area contributed by atoms with Crippen LogP contribution in [-0.2, 0) is 4.79 Å². The fourth-order valence-electron chi connectivity index (χ4n) is 2.05. The van der Waals surface area contributed by atoms with Gasteiger partial charge in [-0.15, -0.1) is 0 Å². The van der Waals surface area contributed by atoms with Crippen molar-refractivity contribution in [2.75, 3.05) is 32.7 Å². The molecule has 1 rings (SSSR count). The predicted molar refractivity (Wildman–Crippen MR) is 71.3 cm³/mol. The summed E-state index contributed by atoms with van der Waals surface area (Å²) in [6, 6.07) is -0.00399. The van der Waals surface area contributed by atoms with Crippen LogP contribution in [0.3, 0.4) is 0 Å². The fraction of sp³-hybridized carbons (Fsp3) is 0.846. The molecule has 104 valence electrons. The Kier molecular flexibility index (Phi) is 5.95. The summed E-state index contributed by atoms with van der Waals surface area (Å²) >= 11 is 0. The maximum absolute atomic E-state index is 11.9. The highest BCUT2D eigenvalue weighted by molar-refractivity contribution is 5.78. The number of hydrogen-bond acceptors (Lipinski definition) is 2. The average molecular weight is 255 g/mol. The molecule has 0 aromatic rings. The van der Waals surface area contributed by atoms with Crippen molar-refractivity contribution in [2.45, 2.75) is 33.6 Å². The van der Waals surface area contributed by atoms with Gasteiger partial charge in [-0.2, -0.15) is 0 Å². The number of carbonyl (C=O) groups excluding carboxylic acids is 2. The highest BCUT2D eigenvalue weighted by Gasteiger charge is 2.22. The predicted octanol–water partition coefficient (Wildman–Crippen LogP) is 1.30. The van der Waals surface area contributed by atoms with E-state index in [1.807, 2.05) is 30.6 Å². The molecule has 0 aliphatic carbocycles. The highest BCUT2D eigenvalue weighted by atomic mass is 16.2. The lowest BCUT2D eigenvalue weighted by atomic mass is 10.2. The number of hydrogen-bond donors (Lipinski definition) is 1. The van der Waals surface area contributed by atoms with Gasteiger partial charge in [0.1, 0.15) is 0 Å². The van der Waals surface area contributed by atoms with E-state index in [1.165, 1.54) is 0 Å². The molecule has 0 aromatic heterocycles. The molecule has 0 bridgehead atoms. The summed E-state index contributed by atoms with van der Waals surface area (Å²) in [7, 11) is 0. The minimum atomic E-state index is -0.00399. The zero-order chi connectivity index (χ0) is 13.5. The Hall–Kier alpha value is -1.26. The van der Waals surface area contributed by atoms with Gasteiger partial charge in [0.2, 0.25) is 5.91 Å². The zero-order valence-corrected chi connectivity index (χ0v) is 11.7. The Morgan fingerprint density at radius 2 is 1.72 bits per heavy atom. The van der Waals surface area contributed by atoms with Crippen molar-refractivity contribution < 1.29 is 9.59 Å². The lowest BCUT2D eigenvalue weighted by molar-refractivity contribution is -0.134. The van der Waals surface area contributed by atoms with Gasteiger partial charge in [0.05, 0.1) is 0 Å². The average Bonchev–Trinajstić information content (AvgIpc) is 2.60. The van der Waals surface area contributed by atoms with E-state index in [-0.39, 0.29) is 17.9 Å². The SMILES string of the molecule is CCCNC(=O)N1CCCN(C(=O)C(C)C)CC1. The van der Waals surface area contributed by atoms with Gasteiger partial charge in [-0.25, -0.2) is 4.79 Å². The lowest BCUT2D eigenvalue weighted by Gasteiger charge is -2.23. The molecular weight excluding hydrogens is 230 g/mol. The summed E-state index contributed by atoms with van der Waals surface area (Å²) in [5.41, 5.74) is 0. The Labute approximate surface area is 110 Å². The van der Waals surface area contributed by atoms with Gasteiger partial charge in [-0.3, -0.25) is 4.79 Å². The monoisotopic (exact) mass is 255 g/mol. The molecule has 3 amide bonds. The second-order valence-corrected chi connectivity index (χ2v) is 5.05. The van der Waals surface area contributed by atoms with E-state index in [2.05, 4.69) is 5.32 Å². The van der Waals surface area contributed by atoms with Crippen molar-refractivity contribution in [3.63, 3.8) is 0 Å². The van der Waals surface area contributed by atoms with Gasteiger partial charge in [-0.05, 0) is 12.8 Å². The molecule has 18 heavy (non-hydrogen) atoms. The Morgan fingerprint density at radius 1 is 1.11 bits per heavy atom. The quantitative estimate of drug-likeness (QED) is 0.826. The molecule has 0 aromatic carbocycles. The van der Waals surface area contributed by atoms with E-state index in [1.54, 1.807) is 0 Å². The molecule has 5 nitrogen and oxygen atoms in total. The molecule has 1 aliphatic heterocycles. The Bertz CT molecular complexity index is 292. The molecule has 1 N–H and O–H groups in total.